The average molecular weight is 288 g/mol. The summed E-state index contributed by atoms with van der Waals surface area (Å²) in [5, 5.41) is 0. The molecule has 0 amide bonds. The van der Waals surface area contributed by atoms with Crippen LogP contribution in [0.25, 0.3) is 0 Å². The quantitative estimate of drug-likeness (QED) is 0.387. The largest absolute Gasteiger partial charge is 0.461 e. The number of hydrogen-bond acceptors (Lipinski definition) is 7. The molecule has 0 radical (unpaired) electrons. The van der Waals surface area contributed by atoms with Crippen LogP contribution in [0.15, 0.2) is 0 Å². The minimum atomic E-state index is -3.92. The number of ether oxygens (including phenoxy) is 1. The molecule has 7 nitrogen and oxygen atoms in total. The molecule has 0 aromatic heterocycles. The molecular formula is C8H17O7PS. The van der Waals surface area contributed by atoms with Gasteiger partial charge in [-0.1, -0.05) is 0 Å². The van der Waals surface area contributed by atoms with Crippen molar-refractivity contribution < 1.29 is 31.2 Å². The summed E-state index contributed by atoms with van der Waals surface area (Å²) in [6.07, 6.45) is 0.286. The normalized spacial score (nSPS) is 15.6. The standard InChI is InChI=1S/C8H17O7PS/c1-5-13-16(10)8(15-17(4,11)12)7(9)14-6(2)3/h6,8,16H,5H2,1-4H3. The van der Waals surface area contributed by atoms with Gasteiger partial charge in [-0.05, 0) is 20.8 Å². The highest BCUT2D eigenvalue weighted by Crippen LogP contribution is 2.32. The molecular weight excluding hydrogens is 271 g/mol. The first-order chi connectivity index (χ1) is 7.67. The molecule has 0 aliphatic heterocycles. The van der Waals surface area contributed by atoms with Gasteiger partial charge in [0.15, 0.2) is 0 Å². The van der Waals surface area contributed by atoms with Crippen LogP contribution in [0.5, 0.6) is 0 Å². The van der Waals surface area contributed by atoms with E-state index in [4.69, 9.17) is 9.26 Å². The van der Waals surface area contributed by atoms with Gasteiger partial charge in [0.1, 0.15) is 0 Å². The maximum absolute atomic E-state index is 11.5. The van der Waals surface area contributed by atoms with Gasteiger partial charge in [0.2, 0.25) is 13.9 Å². The van der Waals surface area contributed by atoms with Crippen LogP contribution < -0.4 is 0 Å². The Labute approximate surface area is 101 Å². The van der Waals surface area contributed by atoms with Crippen molar-refractivity contribution in [2.24, 2.45) is 0 Å². The van der Waals surface area contributed by atoms with Gasteiger partial charge in [0.25, 0.3) is 10.1 Å². The predicted molar refractivity (Wildman–Crippen MR) is 61.6 cm³/mol. The van der Waals surface area contributed by atoms with E-state index >= 15 is 0 Å². The Kier molecular flexibility index (Phi) is 6.92. The zero-order valence-corrected chi connectivity index (χ0v) is 11.9. The maximum atomic E-state index is 11.5. The fraction of sp³-hybridized carbons (Fsp3) is 0.875. The Balaban J connectivity index is 4.84. The third-order valence-electron chi connectivity index (χ3n) is 1.34. The predicted octanol–water partition coefficient (Wildman–Crippen LogP) is 0.751. The number of carbonyl (C=O) groups is 1. The Morgan fingerprint density at radius 2 is 1.88 bits per heavy atom. The second kappa shape index (κ2) is 7.10. The lowest BCUT2D eigenvalue weighted by atomic mass is 10.5. The highest BCUT2D eigenvalue weighted by Gasteiger charge is 2.32. The zero-order chi connectivity index (χ0) is 13.6. The minimum absolute atomic E-state index is 0.0797. The van der Waals surface area contributed by atoms with Gasteiger partial charge in [-0.2, -0.15) is 8.42 Å². The average Bonchev–Trinajstić information content (AvgIpc) is 2.11. The van der Waals surface area contributed by atoms with Gasteiger partial charge >= 0.3 is 5.97 Å². The molecule has 0 aromatic rings. The number of rotatable bonds is 7. The molecule has 0 spiro atoms. The number of hydrogen-bond donors (Lipinski definition) is 0. The van der Waals surface area contributed by atoms with Gasteiger partial charge in [-0.15, -0.1) is 0 Å². The first kappa shape index (κ1) is 16.6. The highest BCUT2D eigenvalue weighted by atomic mass is 32.2. The Bertz CT molecular complexity index is 375. The van der Waals surface area contributed by atoms with Crippen molar-refractivity contribution in [1.29, 1.82) is 0 Å². The van der Waals surface area contributed by atoms with Gasteiger partial charge in [-0.25, -0.2) is 8.98 Å². The lowest BCUT2D eigenvalue weighted by molar-refractivity contribution is -0.151. The lowest BCUT2D eigenvalue weighted by Crippen LogP contribution is -2.28. The Hall–Kier alpha value is -0.430. The molecule has 2 atom stereocenters. The fourth-order valence-corrected chi connectivity index (χ4v) is 2.82. The van der Waals surface area contributed by atoms with E-state index < -0.39 is 36.1 Å². The summed E-state index contributed by atoms with van der Waals surface area (Å²) in [5.74, 6) is -2.74. The summed E-state index contributed by atoms with van der Waals surface area (Å²) in [7, 11) is -6.90. The zero-order valence-electron chi connectivity index (χ0n) is 10.1. The second-order valence-electron chi connectivity index (χ2n) is 3.42. The summed E-state index contributed by atoms with van der Waals surface area (Å²) in [6.45, 7) is 4.80. The van der Waals surface area contributed by atoms with Crippen molar-refractivity contribution in [3.05, 3.63) is 0 Å². The van der Waals surface area contributed by atoms with Gasteiger partial charge in [-0.3, -0.25) is 4.57 Å². The minimum Gasteiger partial charge on any atom is -0.461 e. The van der Waals surface area contributed by atoms with Crippen molar-refractivity contribution in [3.63, 3.8) is 0 Å². The van der Waals surface area contributed by atoms with Crippen LogP contribution in [-0.4, -0.2) is 39.2 Å². The SMILES string of the molecule is CCO[PH](=O)C(OS(C)(=O)=O)C(=O)OC(C)C. The van der Waals surface area contributed by atoms with Crippen molar-refractivity contribution in [2.75, 3.05) is 12.9 Å². The fourth-order valence-electron chi connectivity index (χ4n) is 0.862. The molecule has 0 N–H and O–H groups in total. The molecule has 0 aliphatic carbocycles. The first-order valence-corrected chi connectivity index (χ1v) is 8.13. The van der Waals surface area contributed by atoms with Crippen molar-refractivity contribution in [2.45, 2.75) is 32.7 Å². The molecule has 0 saturated carbocycles. The van der Waals surface area contributed by atoms with E-state index in [1.165, 1.54) is 0 Å². The number of carbonyl (C=O) groups excluding carboxylic acids is 1. The van der Waals surface area contributed by atoms with Gasteiger partial charge in [0.05, 0.1) is 19.0 Å². The van der Waals surface area contributed by atoms with Crippen LogP contribution in [0.4, 0.5) is 0 Å². The van der Waals surface area contributed by atoms with Crippen LogP contribution >= 0.6 is 8.03 Å². The van der Waals surface area contributed by atoms with E-state index in [0.717, 1.165) is 6.26 Å². The lowest BCUT2D eigenvalue weighted by Gasteiger charge is -2.16. The van der Waals surface area contributed by atoms with Crippen LogP contribution in [0, 0.1) is 0 Å². The monoisotopic (exact) mass is 288 g/mol. The van der Waals surface area contributed by atoms with Gasteiger partial charge in [0, 0.05) is 0 Å². The molecule has 0 saturated heterocycles. The first-order valence-electron chi connectivity index (χ1n) is 4.92. The summed E-state index contributed by atoms with van der Waals surface area (Å²) >= 11 is 0. The van der Waals surface area contributed by atoms with E-state index in [9.17, 15) is 17.8 Å². The number of esters is 1. The second-order valence-corrected chi connectivity index (χ2v) is 6.47. The van der Waals surface area contributed by atoms with Crippen LogP contribution in [0.3, 0.4) is 0 Å². The van der Waals surface area contributed by atoms with Crippen molar-refractivity contribution in [3.8, 4) is 0 Å². The van der Waals surface area contributed by atoms with E-state index in [2.05, 4.69) is 4.18 Å². The molecule has 0 aromatic carbocycles. The van der Waals surface area contributed by atoms with E-state index in [0.29, 0.717) is 0 Å². The molecule has 0 bridgehead atoms. The van der Waals surface area contributed by atoms with Crippen LogP contribution in [0.2, 0.25) is 0 Å². The molecule has 102 valence electrons. The smallest absolute Gasteiger partial charge is 0.346 e. The summed E-state index contributed by atoms with van der Waals surface area (Å²) in [4.78, 5) is 11.5. The van der Waals surface area contributed by atoms with E-state index in [1.54, 1.807) is 20.8 Å². The van der Waals surface area contributed by atoms with E-state index in [-0.39, 0.29) is 6.61 Å². The van der Waals surface area contributed by atoms with E-state index in [1.807, 2.05) is 0 Å². The molecule has 0 aliphatic rings. The van der Waals surface area contributed by atoms with Crippen LogP contribution in [-0.2, 0) is 32.9 Å². The maximum Gasteiger partial charge on any atom is 0.346 e. The van der Waals surface area contributed by atoms with Crippen molar-refractivity contribution >= 4 is 24.1 Å². The molecule has 9 heteroatoms. The molecule has 17 heavy (non-hydrogen) atoms. The summed E-state index contributed by atoms with van der Waals surface area (Å²) in [5.41, 5.74) is 0. The Morgan fingerprint density at radius 1 is 1.35 bits per heavy atom. The molecule has 0 fully saturated rings. The molecule has 2 unspecified atom stereocenters. The Morgan fingerprint density at radius 3 is 2.24 bits per heavy atom. The summed E-state index contributed by atoms with van der Waals surface area (Å²) < 4.78 is 47.3. The molecule has 0 rings (SSSR count). The van der Waals surface area contributed by atoms with Gasteiger partial charge < -0.3 is 9.26 Å². The van der Waals surface area contributed by atoms with Crippen LogP contribution in [0.1, 0.15) is 20.8 Å². The topological polar surface area (TPSA) is 96.0 Å². The molecule has 0 heterocycles. The summed E-state index contributed by atoms with van der Waals surface area (Å²) in [6, 6.07) is 0. The van der Waals surface area contributed by atoms with Crippen molar-refractivity contribution in [1.82, 2.24) is 0 Å². The highest BCUT2D eigenvalue weighted by molar-refractivity contribution is 7.86. The third kappa shape index (κ3) is 7.49. The third-order valence-corrected chi connectivity index (χ3v) is 3.41.